The highest BCUT2D eigenvalue weighted by molar-refractivity contribution is 5.05. The quantitative estimate of drug-likeness (QED) is 0.170. The second kappa shape index (κ2) is 57.7. The van der Waals surface area contributed by atoms with Crippen molar-refractivity contribution < 1.29 is 0 Å². The van der Waals surface area contributed by atoms with Crippen molar-refractivity contribution >= 4 is 0 Å². The molecule has 0 aromatic rings. The molecule has 0 atom stereocenters. The van der Waals surface area contributed by atoms with Crippen LogP contribution in [0.15, 0.2) is 69.9 Å². The SMILES string of the molecule is C.C.CC.CC.CC.CC/C=C(\C)CC/C=C(\C)CCC=C(C)C.CC/C=C(\C)CCC=C(C)C.CCC=C(C)C.CCCC(C)(C)C. The molecule has 48 heavy (non-hydrogen) atoms. The van der Waals surface area contributed by atoms with E-state index in [0.717, 1.165) is 6.42 Å². The molecule has 0 rings (SSSR count). The van der Waals surface area contributed by atoms with Gasteiger partial charge in [0.2, 0.25) is 0 Å². The van der Waals surface area contributed by atoms with Crippen LogP contribution in [-0.2, 0) is 0 Å². The van der Waals surface area contributed by atoms with Crippen LogP contribution in [0.4, 0.5) is 0 Å². The van der Waals surface area contributed by atoms with Crippen LogP contribution in [0.5, 0.6) is 0 Å². The average Bonchev–Trinajstić information content (AvgIpc) is 2.96. The summed E-state index contributed by atoms with van der Waals surface area (Å²) in [6.07, 6.45) is 27.2. The lowest BCUT2D eigenvalue weighted by atomic mass is 9.91. The maximum atomic E-state index is 2.39. The van der Waals surface area contributed by atoms with E-state index in [1.165, 1.54) is 97.6 Å². The first-order valence-electron chi connectivity index (χ1n) is 19.4. The van der Waals surface area contributed by atoms with Gasteiger partial charge in [0.15, 0.2) is 0 Å². The molecule has 0 amide bonds. The highest BCUT2D eigenvalue weighted by atomic mass is 14.1. The summed E-state index contributed by atoms with van der Waals surface area (Å²) < 4.78 is 0. The predicted octanol–water partition coefficient (Wildman–Crippen LogP) is 19.5. The summed E-state index contributed by atoms with van der Waals surface area (Å²) in [4.78, 5) is 0. The Balaban J connectivity index is -0.0000000596. The molecule has 0 aromatic heterocycles. The Morgan fingerprint density at radius 1 is 0.396 bits per heavy atom. The fourth-order valence-electron chi connectivity index (χ4n) is 3.88. The third-order valence-corrected chi connectivity index (χ3v) is 5.93. The molecule has 294 valence electrons. The van der Waals surface area contributed by atoms with Crippen LogP contribution < -0.4 is 0 Å². The molecule has 0 unspecified atom stereocenters. The molecule has 0 bridgehead atoms. The topological polar surface area (TPSA) is 0 Å². The Kier molecular flexibility index (Phi) is 82.2. The van der Waals surface area contributed by atoms with Gasteiger partial charge in [-0.2, -0.15) is 0 Å². The number of allylic oxidation sites excluding steroid dienone is 12. The minimum absolute atomic E-state index is 0. The van der Waals surface area contributed by atoms with Crippen molar-refractivity contribution in [3.05, 3.63) is 69.9 Å². The van der Waals surface area contributed by atoms with Crippen molar-refractivity contribution in [1.29, 1.82) is 0 Å². The van der Waals surface area contributed by atoms with Crippen LogP contribution in [0.2, 0.25) is 0 Å². The summed E-state index contributed by atoms with van der Waals surface area (Å²) in [5.74, 6) is 0. The van der Waals surface area contributed by atoms with Crippen LogP contribution in [0.25, 0.3) is 0 Å². The molecule has 0 heterocycles. The minimum Gasteiger partial charge on any atom is -0.0862 e. The molecule has 0 N–H and O–H groups in total. The Bertz CT molecular complexity index is 725. The summed E-state index contributed by atoms with van der Waals surface area (Å²) >= 11 is 0. The van der Waals surface area contributed by atoms with Crippen molar-refractivity contribution in [2.24, 2.45) is 5.41 Å². The lowest BCUT2D eigenvalue weighted by Gasteiger charge is -2.15. The van der Waals surface area contributed by atoms with E-state index in [1.54, 1.807) is 0 Å². The first kappa shape index (κ1) is 68.4. The zero-order valence-electron chi connectivity index (χ0n) is 36.7. The Morgan fingerprint density at radius 3 is 0.812 bits per heavy atom. The molecule has 0 fully saturated rings. The van der Waals surface area contributed by atoms with Gasteiger partial charge in [0, 0.05) is 0 Å². The summed E-state index contributed by atoms with van der Waals surface area (Å²) in [7, 11) is 0. The second-order valence-corrected chi connectivity index (χ2v) is 13.1. The van der Waals surface area contributed by atoms with E-state index in [2.05, 4.69) is 147 Å². The maximum Gasteiger partial charge on any atom is -0.0288 e. The lowest BCUT2D eigenvalue weighted by molar-refractivity contribution is 0.373. The van der Waals surface area contributed by atoms with E-state index >= 15 is 0 Å². The van der Waals surface area contributed by atoms with Crippen LogP contribution in [0.1, 0.15) is 238 Å². The van der Waals surface area contributed by atoms with E-state index in [1.807, 2.05) is 41.5 Å². The van der Waals surface area contributed by atoms with Gasteiger partial charge < -0.3 is 0 Å². The molecule has 0 saturated carbocycles. The maximum absolute atomic E-state index is 2.39. The van der Waals surface area contributed by atoms with Gasteiger partial charge in [-0.25, -0.2) is 0 Å². The monoisotopic (exact) mass is 679 g/mol. The van der Waals surface area contributed by atoms with Crippen LogP contribution >= 0.6 is 0 Å². The van der Waals surface area contributed by atoms with Gasteiger partial charge in [-0.1, -0.05) is 181 Å². The second-order valence-electron chi connectivity index (χ2n) is 13.1. The van der Waals surface area contributed by atoms with Gasteiger partial charge in [-0.3, -0.25) is 0 Å². The lowest BCUT2D eigenvalue weighted by Crippen LogP contribution is -2.02. The van der Waals surface area contributed by atoms with E-state index in [9.17, 15) is 0 Å². The fraction of sp³-hybridized carbons (Fsp3) is 0.750. The zero-order valence-corrected chi connectivity index (χ0v) is 36.7. The Labute approximate surface area is 312 Å². The van der Waals surface area contributed by atoms with Crippen molar-refractivity contribution in [2.45, 2.75) is 238 Å². The third-order valence-electron chi connectivity index (χ3n) is 5.93. The van der Waals surface area contributed by atoms with E-state index in [-0.39, 0.29) is 14.9 Å². The number of hydrogen-bond donors (Lipinski definition) is 0. The molecule has 0 saturated heterocycles. The summed E-state index contributed by atoms with van der Waals surface area (Å²) in [5, 5.41) is 0. The first-order valence-corrected chi connectivity index (χ1v) is 19.4. The van der Waals surface area contributed by atoms with Crippen molar-refractivity contribution in [3.63, 3.8) is 0 Å². The fourth-order valence-corrected chi connectivity index (χ4v) is 3.88. The van der Waals surface area contributed by atoms with Gasteiger partial charge in [-0.05, 0) is 132 Å². The van der Waals surface area contributed by atoms with Gasteiger partial charge >= 0.3 is 0 Å². The summed E-state index contributed by atoms with van der Waals surface area (Å²) in [5.41, 5.74) is 9.39. The number of rotatable bonds is 13. The molecular weight excluding hydrogens is 577 g/mol. The van der Waals surface area contributed by atoms with Gasteiger partial charge in [0.1, 0.15) is 0 Å². The van der Waals surface area contributed by atoms with Crippen molar-refractivity contribution in [2.75, 3.05) is 0 Å². The minimum atomic E-state index is 0. The summed E-state index contributed by atoms with van der Waals surface area (Å²) in [6, 6.07) is 0. The Morgan fingerprint density at radius 2 is 0.646 bits per heavy atom. The van der Waals surface area contributed by atoms with Gasteiger partial charge in [-0.15, -0.1) is 0 Å². The van der Waals surface area contributed by atoms with Crippen LogP contribution in [-0.4, -0.2) is 0 Å². The Hall–Kier alpha value is -1.56. The molecule has 0 aliphatic rings. The number of hydrogen-bond acceptors (Lipinski definition) is 0. The highest BCUT2D eigenvalue weighted by Crippen LogP contribution is 2.19. The molecule has 0 aromatic carbocycles. The van der Waals surface area contributed by atoms with E-state index < -0.39 is 0 Å². The normalized spacial score (nSPS) is 10.0. The zero-order chi connectivity index (χ0) is 38.0. The molecule has 0 aliphatic carbocycles. The van der Waals surface area contributed by atoms with Crippen molar-refractivity contribution in [3.8, 4) is 0 Å². The highest BCUT2D eigenvalue weighted by Gasteiger charge is 2.06. The molecule has 0 spiro atoms. The molecule has 0 radical (unpaired) electrons. The largest absolute Gasteiger partial charge is 0.0862 e. The smallest absolute Gasteiger partial charge is 0.0288 e. The van der Waals surface area contributed by atoms with Gasteiger partial charge in [0.05, 0.1) is 0 Å². The molecule has 0 aliphatic heterocycles. The predicted molar refractivity (Wildman–Crippen MR) is 240 cm³/mol. The van der Waals surface area contributed by atoms with Gasteiger partial charge in [0.25, 0.3) is 0 Å². The first-order chi connectivity index (χ1) is 21.6. The van der Waals surface area contributed by atoms with E-state index in [0.29, 0.717) is 5.41 Å². The molecular formula is C48H102. The molecule has 0 heteroatoms. The molecule has 0 nitrogen and oxygen atoms in total. The standard InChI is InChI=1S/C16H28.C11H20.C7H16.C6H12.3C2H6.2CH4/c1-6-9-15(4)12-8-13-16(5)11-7-10-14(2)3;1-5-7-11(4)9-6-8-10(2)3;1-5-6-7(2,3)4;1-4-5-6(2)3;3*1-2;;/h9-10,13H,6-8,11-12H2,1-5H3;7-8H,5-6,9H2,1-4H3;5-6H2,1-4H3;5H,4H2,1-3H3;3*1-2H3;2*1H4/b15-9+,16-13+;11-7+;;;;;;;. The van der Waals surface area contributed by atoms with Crippen LogP contribution in [0.3, 0.4) is 0 Å². The average molecular weight is 679 g/mol. The van der Waals surface area contributed by atoms with E-state index in [4.69, 9.17) is 0 Å². The third kappa shape index (κ3) is 96.8. The van der Waals surface area contributed by atoms with Crippen LogP contribution in [0, 0.1) is 5.41 Å². The summed E-state index contributed by atoms with van der Waals surface area (Å²) in [6.45, 7) is 47.1. The van der Waals surface area contributed by atoms with Crippen molar-refractivity contribution in [1.82, 2.24) is 0 Å².